The Bertz CT molecular complexity index is 991. The fraction of sp³-hybridized carbons (Fsp3) is 0.227. The molecule has 0 saturated carbocycles. The SMILES string of the molecule is CN[C@H](C[C@H](C)C(=O)Nc1ccc(F)c(Cl)c1)c1ccc(-c2ccc(F)cc2)s1. The molecule has 7 heteroatoms. The van der Waals surface area contributed by atoms with Crippen LogP contribution in [-0.4, -0.2) is 13.0 Å². The summed E-state index contributed by atoms with van der Waals surface area (Å²) in [5.74, 6) is -1.24. The molecule has 0 fully saturated rings. The highest BCUT2D eigenvalue weighted by atomic mass is 35.5. The summed E-state index contributed by atoms with van der Waals surface area (Å²) in [4.78, 5) is 14.7. The molecule has 2 N–H and O–H groups in total. The predicted molar refractivity (Wildman–Crippen MR) is 115 cm³/mol. The zero-order chi connectivity index (χ0) is 21.0. The van der Waals surface area contributed by atoms with Crippen molar-refractivity contribution in [2.75, 3.05) is 12.4 Å². The molecule has 2 aromatic carbocycles. The second-order valence-electron chi connectivity index (χ2n) is 6.81. The second-order valence-corrected chi connectivity index (χ2v) is 8.33. The van der Waals surface area contributed by atoms with Crippen molar-refractivity contribution in [2.45, 2.75) is 19.4 Å². The van der Waals surface area contributed by atoms with Crippen LogP contribution in [0.5, 0.6) is 0 Å². The Morgan fingerprint density at radius 1 is 1.10 bits per heavy atom. The van der Waals surface area contributed by atoms with Gasteiger partial charge >= 0.3 is 0 Å². The van der Waals surface area contributed by atoms with Crippen molar-refractivity contribution < 1.29 is 13.6 Å². The van der Waals surface area contributed by atoms with Gasteiger partial charge in [0.2, 0.25) is 5.91 Å². The highest BCUT2D eigenvalue weighted by Crippen LogP contribution is 2.34. The van der Waals surface area contributed by atoms with Crippen molar-refractivity contribution in [3.63, 3.8) is 0 Å². The van der Waals surface area contributed by atoms with Crippen molar-refractivity contribution in [1.29, 1.82) is 0 Å². The molecule has 0 unspecified atom stereocenters. The van der Waals surface area contributed by atoms with Gasteiger partial charge in [-0.25, -0.2) is 8.78 Å². The summed E-state index contributed by atoms with van der Waals surface area (Å²) >= 11 is 7.38. The Morgan fingerprint density at radius 3 is 2.48 bits per heavy atom. The third-order valence-electron chi connectivity index (χ3n) is 4.67. The molecule has 0 saturated heterocycles. The Labute approximate surface area is 177 Å². The molecule has 0 bridgehead atoms. The molecule has 3 nitrogen and oxygen atoms in total. The van der Waals surface area contributed by atoms with Crippen molar-refractivity contribution in [1.82, 2.24) is 5.32 Å². The van der Waals surface area contributed by atoms with Gasteiger partial charge in [-0.15, -0.1) is 11.3 Å². The molecule has 3 rings (SSSR count). The first kappa shape index (κ1) is 21.4. The molecule has 29 heavy (non-hydrogen) atoms. The standard InChI is InChI=1S/C22H21ClF2N2OS/c1-13(22(28)27-16-7-8-18(25)17(23)12-16)11-19(26-2)21-10-9-20(29-21)14-3-5-15(24)6-4-14/h3-10,12-13,19,26H,11H2,1-2H3,(H,27,28)/t13-,19+/m0/s1. The fourth-order valence-corrected chi connectivity index (χ4v) is 4.30. The number of nitrogens with one attached hydrogen (secondary N) is 2. The van der Waals surface area contributed by atoms with Gasteiger partial charge in [0.25, 0.3) is 0 Å². The van der Waals surface area contributed by atoms with Crippen LogP contribution in [-0.2, 0) is 4.79 Å². The summed E-state index contributed by atoms with van der Waals surface area (Å²) in [5, 5.41) is 6.00. The zero-order valence-electron chi connectivity index (χ0n) is 16.0. The average Bonchev–Trinajstić information content (AvgIpc) is 3.19. The van der Waals surface area contributed by atoms with Crippen molar-refractivity contribution in [2.24, 2.45) is 5.92 Å². The molecule has 0 aliphatic heterocycles. The summed E-state index contributed by atoms with van der Waals surface area (Å²) in [5.41, 5.74) is 1.42. The van der Waals surface area contributed by atoms with Crippen LogP contribution in [0, 0.1) is 17.6 Å². The van der Waals surface area contributed by atoms with Gasteiger partial charge in [0.05, 0.1) is 5.02 Å². The molecule has 1 amide bonds. The summed E-state index contributed by atoms with van der Waals surface area (Å²) < 4.78 is 26.4. The van der Waals surface area contributed by atoms with E-state index in [-0.39, 0.29) is 28.7 Å². The topological polar surface area (TPSA) is 41.1 Å². The minimum Gasteiger partial charge on any atom is -0.326 e. The van der Waals surface area contributed by atoms with Crippen molar-refractivity contribution in [3.8, 4) is 10.4 Å². The van der Waals surface area contributed by atoms with E-state index in [0.29, 0.717) is 12.1 Å². The summed E-state index contributed by atoms with van der Waals surface area (Å²) in [6.45, 7) is 1.85. The monoisotopic (exact) mass is 434 g/mol. The molecule has 2 atom stereocenters. The van der Waals surface area contributed by atoms with Crippen LogP contribution < -0.4 is 10.6 Å². The Kier molecular flexibility index (Phi) is 7.00. The first-order valence-electron chi connectivity index (χ1n) is 9.16. The zero-order valence-corrected chi connectivity index (χ0v) is 17.6. The Morgan fingerprint density at radius 2 is 1.83 bits per heavy atom. The molecular weight excluding hydrogens is 414 g/mol. The highest BCUT2D eigenvalue weighted by Gasteiger charge is 2.21. The maximum Gasteiger partial charge on any atom is 0.227 e. The maximum absolute atomic E-state index is 13.3. The lowest BCUT2D eigenvalue weighted by atomic mass is 9.99. The van der Waals surface area contributed by atoms with Gasteiger partial charge in [-0.3, -0.25) is 4.79 Å². The van der Waals surface area contributed by atoms with Gasteiger partial charge in [0.1, 0.15) is 11.6 Å². The van der Waals surface area contributed by atoms with Crippen LogP contribution in [0.2, 0.25) is 5.02 Å². The van der Waals surface area contributed by atoms with E-state index in [4.69, 9.17) is 11.6 Å². The van der Waals surface area contributed by atoms with Crippen LogP contribution in [0.4, 0.5) is 14.5 Å². The van der Waals surface area contributed by atoms with E-state index in [1.165, 1.54) is 30.3 Å². The van der Waals surface area contributed by atoms with E-state index in [1.807, 2.05) is 26.1 Å². The van der Waals surface area contributed by atoms with Gasteiger partial charge in [-0.2, -0.15) is 0 Å². The Hall–Kier alpha value is -2.28. The molecule has 1 aromatic heterocycles. The summed E-state index contributed by atoms with van der Waals surface area (Å²) in [6, 6.07) is 14.5. The quantitative estimate of drug-likeness (QED) is 0.460. The van der Waals surface area contributed by atoms with E-state index >= 15 is 0 Å². The minimum atomic E-state index is -0.525. The van der Waals surface area contributed by atoms with Crippen LogP contribution in [0.3, 0.4) is 0 Å². The number of benzene rings is 2. The van der Waals surface area contributed by atoms with Crippen LogP contribution >= 0.6 is 22.9 Å². The van der Waals surface area contributed by atoms with E-state index in [2.05, 4.69) is 10.6 Å². The minimum absolute atomic E-state index is 0.00764. The number of halogens is 3. The van der Waals surface area contributed by atoms with Gasteiger partial charge in [-0.05, 0) is 61.5 Å². The number of anilines is 1. The average molecular weight is 435 g/mol. The number of hydrogen-bond donors (Lipinski definition) is 2. The number of hydrogen-bond acceptors (Lipinski definition) is 3. The van der Waals surface area contributed by atoms with Crippen LogP contribution in [0.1, 0.15) is 24.3 Å². The number of thiophene rings is 1. The van der Waals surface area contributed by atoms with Gasteiger partial charge in [0.15, 0.2) is 0 Å². The lowest BCUT2D eigenvalue weighted by molar-refractivity contribution is -0.119. The highest BCUT2D eigenvalue weighted by molar-refractivity contribution is 7.15. The van der Waals surface area contributed by atoms with Crippen molar-refractivity contribution in [3.05, 3.63) is 76.1 Å². The first-order chi connectivity index (χ1) is 13.9. The molecule has 0 spiro atoms. The normalized spacial score (nSPS) is 13.1. The number of carbonyl (C=O) groups excluding carboxylic acids is 1. The fourth-order valence-electron chi connectivity index (χ4n) is 2.99. The van der Waals surface area contributed by atoms with E-state index in [9.17, 15) is 13.6 Å². The Balaban J connectivity index is 1.66. The third-order valence-corrected chi connectivity index (χ3v) is 6.21. The number of carbonyl (C=O) groups is 1. The molecule has 1 heterocycles. The molecule has 3 aromatic rings. The van der Waals surface area contributed by atoms with E-state index in [0.717, 1.165) is 15.3 Å². The predicted octanol–water partition coefficient (Wildman–Crippen LogP) is 6.27. The largest absolute Gasteiger partial charge is 0.326 e. The first-order valence-corrected chi connectivity index (χ1v) is 10.4. The molecular formula is C22H21ClF2N2OS. The van der Waals surface area contributed by atoms with Crippen LogP contribution in [0.25, 0.3) is 10.4 Å². The smallest absolute Gasteiger partial charge is 0.227 e. The van der Waals surface area contributed by atoms with Gasteiger partial charge < -0.3 is 10.6 Å². The lowest BCUT2D eigenvalue weighted by Crippen LogP contribution is -2.26. The maximum atomic E-state index is 13.3. The molecule has 0 aliphatic carbocycles. The van der Waals surface area contributed by atoms with E-state index < -0.39 is 5.82 Å². The number of rotatable bonds is 7. The second kappa shape index (κ2) is 9.48. The van der Waals surface area contributed by atoms with E-state index in [1.54, 1.807) is 23.5 Å². The van der Waals surface area contributed by atoms with Gasteiger partial charge in [-0.1, -0.05) is 30.7 Å². The molecule has 0 aliphatic rings. The van der Waals surface area contributed by atoms with Gasteiger partial charge in [0, 0.05) is 27.4 Å². The summed E-state index contributed by atoms with van der Waals surface area (Å²) in [6.07, 6.45) is 0.584. The van der Waals surface area contributed by atoms with Crippen LogP contribution in [0.15, 0.2) is 54.6 Å². The number of amides is 1. The van der Waals surface area contributed by atoms with Crippen molar-refractivity contribution >= 4 is 34.5 Å². The third kappa shape index (κ3) is 5.41. The summed E-state index contributed by atoms with van der Waals surface area (Å²) in [7, 11) is 1.85. The molecule has 152 valence electrons. The molecule has 0 radical (unpaired) electrons. The lowest BCUT2D eigenvalue weighted by Gasteiger charge is -2.19.